The molecule has 0 fully saturated rings. The van der Waals surface area contributed by atoms with Gasteiger partial charge in [-0.15, -0.1) is 10.2 Å². The molecule has 3 N–H and O–H groups in total. The molecule has 2 atom stereocenters. The lowest BCUT2D eigenvalue weighted by Gasteiger charge is -2.23. The predicted molar refractivity (Wildman–Crippen MR) is 140 cm³/mol. The van der Waals surface area contributed by atoms with Crippen molar-refractivity contribution in [3.05, 3.63) is 53.1 Å². The third kappa shape index (κ3) is 6.45. The van der Waals surface area contributed by atoms with Crippen LogP contribution in [0.25, 0.3) is 10.6 Å². The smallest absolute Gasteiger partial charge is 0.319 e. The van der Waals surface area contributed by atoms with E-state index in [9.17, 15) is 9.59 Å². The standard InChI is InChI=1S/C24H29ClN6O2S/c1-6-14(2)20(27-23(33)26-17-10-7-15(3)19(25)13-17)21(32)28-24-30-29-22(34-24)16-8-11-18(12-9-16)31(4)5/h7-14,20H,6H2,1-5H3,(H2,26,27,33)(H,28,30,32). The Labute approximate surface area is 208 Å². The summed E-state index contributed by atoms with van der Waals surface area (Å²) in [4.78, 5) is 27.6. The van der Waals surface area contributed by atoms with E-state index < -0.39 is 12.1 Å². The monoisotopic (exact) mass is 500 g/mol. The van der Waals surface area contributed by atoms with Gasteiger partial charge in [-0.2, -0.15) is 0 Å². The molecule has 1 aromatic heterocycles. The number of amides is 3. The fourth-order valence-corrected chi connectivity index (χ4v) is 4.09. The molecule has 2 aromatic carbocycles. The normalized spacial score (nSPS) is 12.5. The summed E-state index contributed by atoms with van der Waals surface area (Å²) in [6, 6.07) is 11.9. The predicted octanol–water partition coefficient (Wildman–Crippen LogP) is 5.41. The highest BCUT2D eigenvalue weighted by Gasteiger charge is 2.27. The summed E-state index contributed by atoms with van der Waals surface area (Å²) < 4.78 is 0. The first-order valence-electron chi connectivity index (χ1n) is 10.9. The number of urea groups is 1. The van der Waals surface area contributed by atoms with Crippen LogP contribution >= 0.6 is 22.9 Å². The number of benzene rings is 2. The maximum absolute atomic E-state index is 13.0. The quantitative estimate of drug-likeness (QED) is 0.384. The molecule has 2 unspecified atom stereocenters. The van der Waals surface area contributed by atoms with E-state index in [1.54, 1.807) is 12.1 Å². The number of carbonyl (C=O) groups is 2. The first kappa shape index (κ1) is 25.5. The van der Waals surface area contributed by atoms with E-state index in [0.29, 0.717) is 27.3 Å². The van der Waals surface area contributed by atoms with Crippen molar-refractivity contribution in [3.63, 3.8) is 0 Å². The van der Waals surface area contributed by atoms with Crippen LogP contribution in [0.2, 0.25) is 5.02 Å². The zero-order valence-electron chi connectivity index (χ0n) is 19.8. The highest BCUT2D eigenvalue weighted by molar-refractivity contribution is 7.18. The van der Waals surface area contributed by atoms with Crippen LogP contribution in [0.4, 0.5) is 21.3 Å². The van der Waals surface area contributed by atoms with Crippen LogP contribution in [0.15, 0.2) is 42.5 Å². The van der Waals surface area contributed by atoms with Gasteiger partial charge in [0.1, 0.15) is 11.0 Å². The summed E-state index contributed by atoms with van der Waals surface area (Å²) >= 11 is 7.41. The number of nitrogens with one attached hydrogen (secondary N) is 3. The zero-order valence-corrected chi connectivity index (χ0v) is 21.4. The second-order valence-electron chi connectivity index (χ2n) is 8.27. The maximum Gasteiger partial charge on any atom is 0.319 e. The topological polar surface area (TPSA) is 99.2 Å². The lowest BCUT2D eigenvalue weighted by Crippen LogP contribution is -2.49. The summed E-state index contributed by atoms with van der Waals surface area (Å²) in [5.41, 5.74) is 3.45. The van der Waals surface area contributed by atoms with Crippen molar-refractivity contribution in [2.24, 2.45) is 5.92 Å². The molecule has 0 aliphatic carbocycles. The van der Waals surface area contributed by atoms with Gasteiger partial charge in [-0.05, 0) is 54.8 Å². The molecule has 3 amide bonds. The molecule has 180 valence electrons. The molecular weight excluding hydrogens is 472 g/mol. The number of nitrogens with zero attached hydrogens (tertiary/aromatic N) is 3. The first-order chi connectivity index (χ1) is 16.2. The van der Waals surface area contributed by atoms with Gasteiger partial charge >= 0.3 is 6.03 Å². The molecule has 0 bridgehead atoms. The van der Waals surface area contributed by atoms with Gasteiger partial charge in [-0.25, -0.2) is 4.79 Å². The van der Waals surface area contributed by atoms with Crippen LogP contribution in [-0.4, -0.2) is 42.3 Å². The number of anilines is 3. The van der Waals surface area contributed by atoms with Gasteiger partial charge in [0.05, 0.1) is 0 Å². The van der Waals surface area contributed by atoms with Crippen molar-refractivity contribution in [1.29, 1.82) is 0 Å². The summed E-state index contributed by atoms with van der Waals surface area (Å²) in [7, 11) is 3.96. The molecular formula is C24H29ClN6O2S. The van der Waals surface area contributed by atoms with Crippen LogP contribution in [0.5, 0.6) is 0 Å². The Morgan fingerprint density at radius 2 is 1.79 bits per heavy atom. The minimum atomic E-state index is -0.752. The van der Waals surface area contributed by atoms with Crippen LogP contribution in [-0.2, 0) is 4.79 Å². The molecule has 3 rings (SSSR count). The second kappa shape index (κ2) is 11.3. The lowest BCUT2D eigenvalue weighted by molar-refractivity contribution is -0.119. The van der Waals surface area contributed by atoms with Gasteiger partial charge in [0, 0.05) is 36.1 Å². The molecule has 0 radical (unpaired) electrons. The van der Waals surface area contributed by atoms with Gasteiger partial charge in [-0.1, -0.05) is 49.3 Å². The van der Waals surface area contributed by atoms with Crippen molar-refractivity contribution in [2.45, 2.75) is 33.2 Å². The highest BCUT2D eigenvalue weighted by Crippen LogP contribution is 2.28. The van der Waals surface area contributed by atoms with E-state index in [1.807, 2.05) is 70.1 Å². The average Bonchev–Trinajstić information content (AvgIpc) is 3.27. The largest absolute Gasteiger partial charge is 0.378 e. The fraction of sp³-hybridized carbons (Fsp3) is 0.333. The van der Waals surface area contributed by atoms with Crippen molar-refractivity contribution in [2.75, 3.05) is 29.6 Å². The van der Waals surface area contributed by atoms with Crippen LogP contribution < -0.4 is 20.9 Å². The van der Waals surface area contributed by atoms with Gasteiger partial charge in [0.25, 0.3) is 0 Å². The Hall–Kier alpha value is -3.17. The number of hydrogen-bond donors (Lipinski definition) is 3. The summed E-state index contributed by atoms with van der Waals surface area (Å²) in [6.07, 6.45) is 0.703. The van der Waals surface area contributed by atoms with Crippen molar-refractivity contribution in [1.82, 2.24) is 15.5 Å². The van der Waals surface area contributed by atoms with E-state index in [4.69, 9.17) is 11.6 Å². The molecule has 8 nitrogen and oxygen atoms in total. The molecule has 0 aliphatic heterocycles. The fourth-order valence-electron chi connectivity index (χ4n) is 3.16. The van der Waals surface area contributed by atoms with E-state index in [1.165, 1.54) is 11.3 Å². The molecule has 0 spiro atoms. The molecule has 0 saturated heterocycles. The molecule has 0 saturated carbocycles. The molecule has 3 aromatic rings. The van der Waals surface area contributed by atoms with Crippen molar-refractivity contribution < 1.29 is 9.59 Å². The van der Waals surface area contributed by atoms with Gasteiger partial charge < -0.3 is 15.5 Å². The van der Waals surface area contributed by atoms with Gasteiger partial charge in [0.2, 0.25) is 11.0 Å². The Bertz CT molecular complexity index is 1150. The first-order valence-corrected chi connectivity index (χ1v) is 12.1. The maximum atomic E-state index is 13.0. The Balaban J connectivity index is 1.67. The zero-order chi connectivity index (χ0) is 24.8. The minimum absolute atomic E-state index is 0.0988. The van der Waals surface area contributed by atoms with Gasteiger partial charge in [-0.3, -0.25) is 10.1 Å². The van der Waals surface area contributed by atoms with Crippen molar-refractivity contribution >= 4 is 51.4 Å². The third-order valence-electron chi connectivity index (χ3n) is 5.50. The number of rotatable bonds is 8. The molecule has 34 heavy (non-hydrogen) atoms. The Kier molecular flexibility index (Phi) is 8.46. The van der Waals surface area contributed by atoms with Crippen molar-refractivity contribution in [3.8, 4) is 10.6 Å². The Morgan fingerprint density at radius 1 is 1.09 bits per heavy atom. The number of halogens is 1. The number of carbonyl (C=O) groups excluding carboxylic acids is 2. The second-order valence-corrected chi connectivity index (χ2v) is 9.65. The average molecular weight is 501 g/mol. The van der Waals surface area contributed by atoms with Crippen LogP contribution in [0, 0.1) is 12.8 Å². The van der Waals surface area contributed by atoms with Gasteiger partial charge in [0.15, 0.2) is 0 Å². The molecule has 1 heterocycles. The minimum Gasteiger partial charge on any atom is -0.378 e. The highest BCUT2D eigenvalue weighted by atomic mass is 35.5. The summed E-state index contributed by atoms with van der Waals surface area (Å²) in [6.45, 7) is 5.75. The number of aryl methyl sites for hydroxylation is 1. The summed E-state index contributed by atoms with van der Waals surface area (Å²) in [5, 5.41) is 18.2. The SMILES string of the molecule is CCC(C)C(NC(=O)Nc1ccc(C)c(Cl)c1)C(=O)Nc1nnc(-c2ccc(N(C)C)cc2)s1. The Morgan fingerprint density at radius 3 is 2.41 bits per heavy atom. The van der Waals surface area contributed by atoms with Crippen LogP contribution in [0.3, 0.4) is 0 Å². The lowest BCUT2D eigenvalue weighted by atomic mass is 9.98. The van der Waals surface area contributed by atoms with E-state index in [-0.39, 0.29) is 11.8 Å². The molecule has 0 aliphatic rings. The van der Waals surface area contributed by atoms with Crippen LogP contribution in [0.1, 0.15) is 25.8 Å². The summed E-state index contributed by atoms with van der Waals surface area (Å²) in [5.74, 6) is -0.449. The number of hydrogen-bond acceptors (Lipinski definition) is 6. The van der Waals surface area contributed by atoms with E-state index in [0.717, 1.165) is 16.8 Å². The number of aromatic nitrogens is 2. The van der Waals surface area contributed by atoms with E-state index >= 15 is 0 Å². The molecule has 10 heteroatoms. The van der Waals surface area contributed by atoms with E-state index in [2.05, 4.69) is 26.1 Å². The third-order valence-corrected chi connectivity index (χ3v) is 6.79.